The number of hydrogen-bond donors (Lipinski definition) is 4. The Morgan fingerprint density at radius 1 is 1.05 bits per heavy atom. The molecule has 4 aromatic rings. The van der Waals surface area contributed by atoms with Gasteiger partial charge < -0.3 is 15.2 Å². The van der Waals surface area contributed by atoms with Crippen molar-refractivity contribution in [2.24, 2.45) is 0 Å². The number of rotatable bonds is 8. The standard InChI is InChI=1S/C30H30N4O3/c35-29(33-37)15-11-21-10-13-26-23(18-21)12-14-28(26)34(30(36)32-19-22-6-2-1-3-7-22)17-16-24-20-31-27-9-5-4-8-25(24)27/h1-11,13,15,18,20,28,31,37H,12,14,16-17,19H2,(H,32,36)(H,33,35)/b15-11+. The van der Waals surface area contributed by atoms with Crippen LogP contribution in [0.15, 0.2) is 85.1 Å². The summed E-state index contributed by atoms with van der Waals surface area (Å²) in [5.74, 6) is -0.572. The molecular formula is C30H30N4O3. The average Bonchev–Trinajstić information content (AvgIpc) is 3.55. The van der Waals surface area contributed by atoms with Crippen LogP contribution in [0, 0.1) is 0 Å². The van der Waals surface area contributed by atoms with Crippen LogP contribution < -0.4 is 10.8 Å². The van der Waals surface area contributed by atoms with Crippen molar-refractivity contribution in [3.8, 4) is 0 Å². The van der Waals surface area contributed by atoms with E-state index in [1.165, 1.54) is 22.6 Å². The van der Waals surface area contributed by atoms with E-state index in [9.17, 15) is 9.59 Å². The molecule has 0 saturated heterocycles. The van der Waals surface area contributed by atoms with Gasteiger partial charge in [-0.1, -0.05) is 66.7 Å². The molecule has 0 radical (unpaired) electrons. The van der Waals surface area contributed by atoms with E-state index in [2.05, 4.69) is 28.5 Å². The number of hydrogen-bond acceptors (Lipinski definition) is 3. The van der Waals surface area contributed by atoms with Crippen LogP contribution in [0.3, 0.4) is 0 Å². The van der Waals surface area contributed by atoms with Crippen LogP contribution in [0.1, 0.15) is 40.3 Å². The van der Waals surface area contributed by atoms with E-state index >= 15 is 0 Å². The Kier molecular flexibility index (Phi) is 7.33. The van der Waals surface area contributed by atoms with Gasteiger partial charge in [0.1, 0.15) is 0 Å². The Balaban J connectivity index is 1.37. The van der Waals surface area contributed by atoms with Gasteiger partial charge in [0.25, 0.3) is 5.91 Å². The molecule has 1 heterocycles. The Hall–Kier alpha value is -4.36. The topological polar surface area (TPSA) is 97.5 Å². The fourth-order valence-corrected chi connectivity index (χ4v) is 5.10. The average molecular weight is 495 g/mol. The third-order valence-corrected chi connectivity index (χ3v) is 6.97. The molecule has 0 bridgehead atoms. The zero-order valence-corrected chi connectivity index (χ0v) is 20.5. The number of urea groups is 1. The number of aromatic nitrogens is 1. The lowest BCUT2D eigenvalue weighted by Crippen LogP contribution is -2.42. The molecule has 1 aliphatic carbocycles. The number of carbonyl (C=O) groups excluding carboxylic acids is 2. The summed E-state index contributed by atoms with van der Waals surface area (Å²) in [6.07, 6.45) is 7.43. The monoisotopic (exact) mass is 494 g/mol. The van der Waals surface area contributed by atoms with Crippen LogP contribution in [0.4, 0.5) is 4.79 Å². The van der Waals surface area contributed by atoms with Crippen LogP contribution in [-0.4, -0.2) is 33.6 Å². The highest BCUT2D eigenvalue weighted by molar-refractivity contribution is 5.90. The number of nitrogens with zero attached hydrogens (tertiary/aromatic N) is 1. The van der Waals surface area contributed by atoms with Crippen molar-refractivity contribution in [3.63, 3.8) is 0 Å². The first-order chi connectivity index (χ1) is 18.1. The largest absolute Gasteiger partial charge is 0.361 e. The summed E-state index contributed by atoms with van der Waals surface area (Å²) in [5.41, 5.74) is 8.13. The number of benzene rings is 3. The predicted molar refractivity (Wildman–Crippen MR) is 144 cm³/mol. The van der Waals surface area contributed by atoms with Gasteiger partial charge in [-0.15, -0.1) is 0 Å². The number of para-hydroxylation sites is 1. The van der Waals surface area contributed by atoms with E-state index < -0.39 is 5.91 Å². The highest BCUT2D eigenvalue weighted by atomic mass is 16.5. The Morgan fingerprint density at radius 3 is 2.70 bits per heavy atom. The molecule has 0 aliphatic heterocycles. The number of carbonyl (C=O) groups is 2. The molecule has 1 aliphatic rings. The number of fused-ring (bicyclic) bond motifs is 2. The fraction of sp³-hybridized carbons (Fsp3) is 0.200. The second-order valence-electron chi connectivity index (χ2n) is 9.27. The number of hydroxylamine groups is 1. The van der Waals surface area contributed by atoms with Crippen molar-refractivity contribution in [1.82, 2.24) is 20.7 Å². The van der Waals surface area contributed by atoms with E-state index in [4.69, 9.17) is 5.21 Å². The predicted octanol–water partition coefficient (Wildman–Crippen LogP) is 5.13. The van der Waals surface area contributed by atoms with Gasteiger partial charge in [0, 0.05) is 36.3 Å². The van der Waals surface area contributed by atoms with E-state index in [0.29, 0.717) is 13.1 Å². The molecule has 1 unspecified atom stereocenters. The first-order valence-electron chi connectivity index (χ1n) is 12.5. The van der Waals surface area contributed by atoms with Crippen LogP contribution in [-0.2, 0) is 24.2 Å². The minimum atomic E-state index is -0.572. The number of H-pyrrole nitrogens is 1. The van der Waals surface area contributed by atoms with Gasteiger partial charge in [-0.25, -0.2) is 10.3 Å². The molecule has 1 atom stereocenters. The lowest BCUT2D eigenvalue weighted by Gasteiger charge is -2.30. The molecule has 0 spiro atoms. The normalized spacial score (nSPS) is 14.6. The quantitative estimate of drug-likeness (QED) is 0.155. The summed E-state index contributed by atoms with van der Waals surface area (Å²) in [4.78, 5) is 30.2. The maximum atomic E-state index is 13.5. The molecule has 0 saturated carbocycles. The summed E-state index contributed by atoms with van der Waals surface area (Å²) >= 11 is 0. The first kappa shape index (κ1) is 24.3. The minimum Gasteiger partial charge on any atom is -0.361 e. The van der Waals surface area contributed by atoms with E-state index in [1.807, 2.05) is 65.7 Å². The second kappa shape index (κ2) is 11.1. The highest BCUT2D eigenvalue weighted by Gasteiger charge is 2.31. The summed E-state index contributed by atoms with van der Waals surface area (Å²) in [5, 5.41) is 13.0. The van der Waals surface area contributed by atoms with Gasteiger partial charge in [-0.3, -0.25) is 10.0 Å². The van der Waals surface area contributed by atoms with Crippen LogP contribution >= 0.6 is 0 Å². The lowest BCUT2D eigenvalue weighted by atomic mass is 10.0. The van der Waals surface area contributed by atoms with Gasteiger partial charge in [-0.2, -0.15) is 0 Å². The van der Waals surface area contributed by atoms with Crippen molar-refractivity contribution in [3.05, 3.63) is 113 Å². The van der Waals surface area contributed by atoms with Crippen molar-refractivity contribution in [2.45, 2.75) is 31.8 Å². The van der Waals surface area contributed by atoms with Crippen LogP contribution in [0.25, 0.3) is 17.0 Å². The third kappa shape index (κ3) is 5.57. The summed E-state index contributed by atoms with van der Waals surface area (Å²) in [7, 11) is 0. The molecule has 1 aromatic heterocycles. The molecule has 7 heteroatoms. The summed E-state index contributed by atoms with van der Waals surface area (Å²) in [6, 6.07) is 24.1. The van der Waals surface area contributed by atoms with E-state index in [1.54, 1.807) is 11.6 Å². The Labute approximate surface area is 215 Å². The number of amides is 3. The fourth-order valence-electron chi connectivity index (χ4n) is 5.10. The Bertz CT molecular complexity index is 1430. The highest BCUT2D eigenvalue weighted by Crippen LogP contribution is 2.37. The minimum absolute atomic E-state index is 0.0326. The second-order valence-corrected chi connectivity index (χ2v) is 9.27. The third-order valence-electron chi connectivity index (χ3n) is 6.97. The van der Waals surface area contributed by atoms with Gasteiger partial charge in [-0.05, 0) is 59.2 Å². The molecule has 188 valence electrons. The van der Waals surface area contributed by atoms with Gasteiger partial charge in [0.2, 0.25) is 0 Å². The number of aromatic amines is 1. The molecular weight excluding hydrogens is 464 g/mol. The number of nitrogens with one attached hydrogen (secondary N) is 3. The summed E-state index contributed by atoms with van der Waals surface area (Å²) in [6.45, 7) is 1.06. The Morgan fingerprint density at radius 2 is 1.86 bits per heavy atom. The smallest absolute Gasteiger partial charge is 0.318 e. The molecule has 4 N–H and O–H groups in total. The zero-order valence-electron chi connectivity index (χ0n) is 20.5. The van der Waals surface area contributed by atoms with E-state index in [-0.39, 0.29) is 12.1 Å². The lowest BCUT2D eigenvalue weighted by molar-refractivity contribution is -0.124. The van der Waals surface area contributed by atoms with E-state index in [0.717, 1.165) is 41.5 Å². The van der Waals surface area contributed by atoms with Crippen LogP contribution in [0.2, 0.25) is 0 Å². The van der Waals surface area contributed by atoms with Crippen molar-refractivity contribution < 1.29 is 14.8 Å². The maximum Gasteiger partial charge on any atom is 0.318 e. The van der Waals surface area contributed by atoms with Gasteiger partial charge >= 0.3 is 6.03 Å². The van der Waals surface area contributed by atoms with Gasteiger partial charge in [0.05, 0.1) is 6.04 Å². The molecule has 37 heavy (non-hydrogen) atoms. The molecule has 5 rings (SSSR count). The van der Waals surface area contributed by atoms with Crippen molar-refractivity contribution in [1.29, 1.82) is 0 Å². The SMILES string of the molecule is O=C(/C=C/c1ccc2c(c1)CCC2N(CCc1c[nH]c2ccccc12)C(=O)NCc1ccccc1)NO. The first-order valence-corrected chi connectivity index (χ1v) is 12.5. The van der Waals surface area contributed by atoms with Crippen molar-refractivity contribution >= 4 is 28.9 Å². The summed E-state index contributed by atoms with van der Waals surface area (Å²) < 4.78 is 0. The van der Waals surface area contributed by atoms with Crippen molar-refractivity contribution in [2.75, 3.05) is 6.54 Å². The molecule has 3 amide bonds. The van der Waals surface area contributed by atoms with Gasteiger partial charge in [0.15, 0.2) is 0 Å². The molecule has 0 fully saturated rings. The molecule has 7 nitrogen and oxygen atoms in total. The molecule has 3 aromatic carbocycles. The van der Waals surface area contributed by atoms with Crippen LogP contribution in [0.5, 0.6) is 0 Å². The zero-order chi connectivity index (χ0) is 25.6. The number of aryl methyl sites for hydroxylation is 1. The maximum absolute atomic E-state index is 13.5.